The highest BCUT2D eigenvalue weighted by molar-refractivity contribution is 7.12. The maximum atomic E-state index is 13.4. The standard InChI is InChI=1S/C25H27F4N7O3S/c1-35-19(8-20(34-35)39-23(26)27)32-24-33-31-11-36(24)14-4-5-17-15(6-14)21(18(40-17)7-16(37)12-2-3-12)22(38)30-10-13-9-25(13,28)29/h8,11-14,23H,2-7,9-10H2,1H3,(H,30,38)(H,32,33)/t13?,14-/m0/s1. The van der Waals surface area contributed by atoms with Crippen molar-refractivity contribution in [2.75, 3.05) is 11.9 Å². The first-order valence-corrected chi connectivity index (χ1v) is 13.9. The SMILES string of the molecule is Cn1nc(OC(F)F)cc1Nc1nncn1[C@H]1CCc2sc(CC(=O)C3CC3)c(C(=O)NCC3CC3(F)F)c2C1. The van der Waals surface area contributed by atoms with Crippen LogP contribution in [0.1, 0.15) is 57.4 Å². The van der Waals surface area contributed by atoms with Crippen LogP contribution in [-0.4, -0.2) is 55.3 Å². The number of anilines is 2. The average molecular weight is 582 g/mol. The van der Waals surface area contributed by atoms with E-state index in [-0.39, 0.29) is 43.0 Å². The first kappa shape index (κ1) is 26.7. The topological polar surface area (TPSA) is 116 Å². The van der Waals surface area contributed by atoms with Crippen LogP contribution in [0.25, 0.3) is 0 Å². The highest BCUT2D eigenvalue weighted by atomic mass is 32.1. The highest BCUT2D eigenvalue weighted by Crippen LogP contribution is 2.48. The van der Waals surface area contributed by atoms with Crippen molar-refractivity contribution < 1.29 is 31.9 Å². The molecule has 0 saturated heterocycles. The number of carbonyl (C=O) groups excluding carboxylic acids is 2. The Balaban J connectivity index is 1.23. The van der Waals surface area contributed by atoms with Crippen LogP contribution in [0.3, 0.4) is 0 Å². The first-order chi connectivity index (χ1) is 19.1. The zero-order valence-corrected chi connectivity index (χ0v) is 22.3. The van der Waals surface area contributed by atoms with Crippen molar-refractivity contribution in [2.45, 2.75) is 63.5 Å². The molecule has 3 aliphatic carbocycles. The number of rotatable bonds is 11. The predicted octanol–water partition coefficient (Wildman–Crippen LogP) is 4.05. The molecule has 3 aliphatic rings. The van der Waals surface area contributed by atoms with E-state index in [1.165, 1.54) is 22.1 Å². The summed E-state index contributed by atoms with van der Waals surface area (Å²) in [6.07, 6.45) is 5.00. The minimum atomic E-state index is -3.01. The number of hydrogen-bond acceptors (Lipinski definition) is 8. The molecule has 0 radical (unpaired) electrons. The van der Waals surface area contributed by atoms with Gasteiger partial charge in [0.05, 0.1) is 5.56 Å². The average Bonchev–Trinajstić information content (AvgIpc) is 3.69. The zero-order valence-electron chi connectivity index (χ0n) is 21.5. The zero-order chi connectivity index (χ0) is 28.2. The number of halogens is 4. The van der Waals surface area contributed by atoms with Crippen LogP contribution in [0.5, 0.6) is 5.88 Å². The van der Waals surface area contributed by atoms with Crippen LogP contribution >= 0.6 is 11.3 Å². The molecular weight excluding hydrogens is 554 g/mol. The van der Waals surface area contributed by atoms with Gasteiger partial charge in [0, 0.05) is 60.1 Å². The second-order valence-electron chi connectivity index (χ2n) is 10.5. The Morgan fingerprint density at radius 3 is 2.75 bits per heavy atom. The molecule has 1 amide bonds. The first-order valence-electron chi connectivity index (χ1n) is 13.1. The van der Waals surface area contributed by atoms with Gasteiger partial charge in [-0.2, -0.15) is 8.78 Å². The van der Waals surface area contributed by atoms with Crippen LogP contribution in [0, 0.1) is 11.8 Å². The number of carbonyl (C=O) groups is 2. The summed E-state index contributed by atoms with van der Waals surface area (Å²) in [6, 6.07) is 1.16. The number of alkyl halides is 4. The van der Waals surface area contributed by atoms with Crippen LogP contribution in [0.2, 0.25) is 0 Å². The summed E-state index contributed by atoms with van der Waals surface area (Å²) in [5.74, 6) is -3.43. The van der Waals surface area contributed by atoms with Crippen LogP contribution in [0.4, 0.5) is 29.3 Å². The Morgan fingerprint density at radius 1 is 1.27 bits per heavy atom. The number of nitrogens with one attached hydrogen (secondary N) is 2. The van der Waals surface area contributed by atoms with Crippen molar-refractivity contribution in [2.24, 2.45) is 18.9 Å². The number of nitrogens with zero attached hydrogens (tertiary/aromatic N) is 5. The number of ether oxygens (including phenoxy) is 1. The molecule has 2 saturated carbocycles. The van der Waals surface area contributed by atoms with Crippen LogP contribution < -0.4 is 15.4 Å². The van der Waals surface area contributed by atoms with E-state index in [4.69, 9.17) is 0 Å². The molecule has 2 fully saturated rings. The second-order valence-corrected chi connectivity index (χ2v) is 11.7. The Morgan fingerprint density at radius 2 is 2.05 bits per heavy atom. The summed E-state index contributed by atoms with van der Waals surface area (Å²) in [5, 5.41) is 17.8. The van der Waals surface area contributed by atoms with E-state index in [0.29, 0.717) is 41.5 Å². The van der Waals surface area contributed by atoms with Crippen LogP contribution in [-0.2, 0) is 31.1 Å². The molecule has 1 unspecified atom stereocenters. The molecule has 2 atom stereocenters. The van der Waals surface area contributed by atoms with E-state index >= 15 is 0 Å². The van der Waals surface area contributed by atoms with Gasteiger partial charge >= 0.3 is 6.61 Å². The van der Waals surface area contributed by atoms with E-state index in [9.17, 15) is 27.2 Å². The van der Waals surface area contributed by atoms with Gasteiger partial charge in [0.2, 0.25) is 11.8 Å². The molecule has 214 valence electrons. The minimum Gasteiger partial charge on any atom is -0.415 e. The van der Waals surface area contributed by atoms with Gasteiger partial charge in [-0.3, -0.25) is 14.2 Å². The lowest BCUT2D eigenvalue weighted by atomic mass is 9.90. The lowest BCUT2D eigenvalue weighted by molar-refractivity contribution is -0.119. The monoisotopic (exact) mass is 581 g/mol. The smallest absolute Gasteiger partial charge is 0.388 e. The maximum absolute atomic E-state index is 13.4. The third-order valence-electron chi connectivity index (χ3n) is 7.64. The number of aryl methyl sites for hydroxylation is 2. The van der Waals surface area contributed by atoms with Crippen molar-refractivity contribution in [3.8, 4) is 5.88 Å². The van der Waals surface area contributed by atoms with E-state index in [2.05, 4.69) is 30.7 Å². The minimum absolute atomic E-state index is 0.0391. The Bertz CT molecular complexity index is 1450. The summed E-state index contributed by atoms with van der Waals surface area (Å²) < 4.78 is 59.6. The highest BCUT2D eigenvalue weighted by Gasteiger charge is 2.56. The predicted molar refractivity (Wildman–Crippen MR) is 135 cm³/mol. The van der Waals surface area contributed by atoms with Gasteiger partial charge in [0.15, 0.2) is 0 Å². The fraction of sp³-hybridized carbons (Fsp3) is 0.560. The molecule has 0 aromatic carbocycles. The van der Waals surface area contributed by atoms with E-state index < -0.39 is 24.4 Å². The molecule has 3 heterocycles. The molecule has 0 aliphatic heterocycles. The normalized spacial score (nSPS) is 21.2. The number of aromatic nitrogens is 5. The molecule has 3 aromatic rings. The van der Waals surface area contributed by atoms with Crippen molar-refractivity contribution in [1.82, 2.24) is 29.9 Å². The fourth-order valence-electron chi connectivity index (χ4n) is 5.17. The molecule has 3 aromatic heterocycles. The maximum Gasteiger partial charge on any atom is 0.388 e. The molecule has 10 nitrogen and oxygen atoms in total. The molecule has 15 heteroatoms. The van der Waals surface area contributed by atoms with E-state index in [1.54, 1.807) is 13.4 Å². The van der Waals surface area contributed by atoms with Gasteiger partial charge in [-0.1, -0.05) is 0 Å². The number of hydrogen-bond donors (Lipinski definition) is 2. The largest absolute Gasteiger partial charge is 0.415 e. The van der Waals surface area contributed by atoms with Crippen molar-refractivity contribution >= 4 is 34.8 Å². The van der Waals surface area contributed by atoms with E-state index in [0.717, 1.165) is 23.3 Å². The van der Waals surface area contributed by atoms with Gasteiger partial charge in [0.1, 0.15) is 17.9 Å². The van der Waals surface area contributed by atoms with Crippen molar-refractivity contribution in [3.05, 3.63) is 33.3 Å². The Hall–Kier alpha value is -3.49. The molecule has 40 heavy (non-hydrogen) atoms. The summed E-state index contributed by atoms with van der Waals surface area (Å²) in [4.78, 5) is 27.7. The number of fused-ring (bicyclic) bond motifs is 1. The number of thiophene rings is 1. The quantitative estimate of drug-likeness (QED) is 0.328. The van der Waals surface area contributed by atoms with E-state index in [1.807, 2.05) is 4.57 Å². The summed E-state index contributed by atoms with van der Waals surface area (Å²) in [5.41, 5.74) is 1.23. The number of ketones is 1. The van der Waals surface area contributed by atoms with Crippen molar-refractivity contribution in [3.63, 3.8) is 0 Å². The molecule has 2 N–H and O–H groups in total. The lowest BCUT2D eigenvalue weighted by Gasteiger charge is -2.25. The summed E-state index contributed by atoms with van der Waals surface area (Å²) >= 11 is 1.46. The second kappa shape index (κ2) is 10.2. The third kappa shape index (κ3) is 5.43. The van der Waals surface area contributed by atoms with Gasteiger partial charge < -0.3 is 15.4 Å². The van der Waals surface area contributed by atoms with Gasteiger partial charge in [0.25, 0.3) is 11.8 Å². The summed E-state index contributed by atoms with van der Waals surface area (Å²) in [6.45, 7) is -3.12. The molecule has 0 bridgehead atoms. The molecule has 6 rings (SSSR count). The lowest BCUT2D eigenvalue weighted by Crippen LogP contribution is -2.29. The van der Waals surface area contributed by atoms with Crippen molar-refractivity contribution in [1.29, 1.82) is 0 Å². The molecular formula is C25H27F4N7O3S. The summed E-state index contributed by atoms with van der Waals surface area (Å²) in [7, 11) is 1.56. The molecule has 0 spiro atoms. The van der Waals surface area contributed by atoms with Gasteiger partial charge in [-0.05, 0) is 37.7 Å². The third-order valence-corrected chi connectivity index (χ3v) is 8.93. The van der Waals surface area contributed by atoms with Crippen LogP contribution in [0.15, 0.2) is 12.4 Å². The van der Waals surface area contributed by atoms with Gasteiger partial charge in [-0.25, -0.2) is 13.5 Å². The fourth-order valence-corrected chi connectivity index (χ4v) is 6.53. The number of amides is 1. The Labute approximate surface area is 230 Å². The van der Waals surface area contributed by atoms with Gasteiger partial charge in [-0.15, -0.1) is 26.6 Å². The Kier molecular flexibility index (Phi) is 6.79. The number of Topliss-reactive ketones (excluding diaryl/α,β-unsaturated/α-hetero) is 1.